The number of nitrogens with one attached hydrogen (secondary N) is 1. The van der Waals surface area contributed by atoms with Crippen LogP contribution in [0.3, 0.4) is 0 Å². The van der Waals surface area contributed by atoms with Crippen LogP contribution in [0, 0.1) is 23.3 Å². The molecule has 4 N–H and O–H groups in total. The maximum atomic E-state index is 14.3. The van der Waals surface area contributed by atoms with Crippen molar-refractivity contribution >= 4 is 11.5 Å². The van der Waals surface area contributed by atoms with Gasteiger partial charge in [-0.2, -0.15) is 0 Å². The van der Waals surface area contributed by atoms with Crippen molar-refractivity contribution in [3.63, 3.8) is 0 Å². The van der Waals surface area contributed by atoms with E-state index in [9.17, 15) is 22.4 Å². The topological polar surface area (TPSA) is 89.9 Å². The van der Waals surface area contributed by atoms with Gasteiger partial charge >= 0.3 is 0 Å². The molecule has 0 spiro atoms. The molecule has 0 aliphatic rings. The van der Waals surface area contributed by atoms with E-state index in [1.165, 1.54) is 24.5 Å². The summed E-state index contributed by atoms with van der Waals surface area (Å²) in [6, 6.07) is 9.23. The Hall–Kier alpha value is -3.33. The molecule has 0 saturated carbocycles. The van der Waals surface area contributed by atoms with Crippen LogP contribution >= 0.6 is 0 Å². The maximum absolute atomic E-state index is 14.3. The first-order valence-electron chi connectivity index (χ1n) is 7.92. The van der Waals surface area contributed by atoms with Gasteiger partial charge in [0.2, 0.25) is 0 Å². The molecule has 1 aromatic carbocycles. The minimum absolute atomic E-state index is 0. The molecule has 9 heteroatoms. The molecule has 0 aliphatic carbocycles. The van der Waals surface area contributed by atoms with E-state index in [4.69, 9.17) is 0 Å². The maximum Gasteiger partial charge on any atom is 0.200 e. The highest BCUT2D eigenvalue weighted by Gasteiger charge is 2.26. The quantitative estimate of drug-likeness (QED) is 0.375. The van der Waals surface area contributed by atoms with Gasteiger partial charge in [0.25, 0.3) is 0 Å². The second kappa shape index (κ2) is 9.05. The van der Waals surface area contributed by atoms with Crippen LogP contribution in [0.25, 0.3) is 0 Å². The number of halogens is 4. The molecular formula is C19H16F4N4O. The molecule has 28 heavy (non-hydrogen) atoms. The fraction of sp³-hybridized carbons (Fsp3) is 0.105. The van der Waals surface area contributed by atoms with Crippen molar-refractivity contribution < 1.29 is 22.4 Å². The fourth-order valence-corrected chi connectivity index (χ4v) is 2.46. The Labute approximate surface area is 158 Å². The van der Waals surface area contributed by atoms with Crippen LogP contribution in [0.4, 0.5) is 23.2 Å². The van der Waals surface area contributed by atoms with Crippen molar-refractivity contribution in [1.82, 2.24) is 16.1 Å². The molecular weight excluding hydrogens is 376 g/mol. The van der Waals surface area contributed by atoms with Crippen molar-refractivity contribution in [3.05, 3.63) is 89.0 Å². The number of benzene rings is 1. The van der Waals surface area contributed by atoms with Crippen molar-refractivity contribution in [2.45, 2.75) is 6.42 Å². The van der Waals surface area contributed by atoms with E-state index < -0.39 is 53.3 Å². The summed E-state index contributed by atoms with van der Waals surface area (Å²) in [6.45, 7) is -0.580. The van der Waals surface area contributed by atoms with Gasteiger partial charge < -0.3 is 11.5 Å². The fourth-order valence-electron chi connectivity index (χ4n) is 2.46. The molecule has 0 saturated heterocycles. The first-order chi connectivity index (χ1) is 13.0. The van der Waals surface area contributed by atoms with Crippen LogP contribution in [0.2, 0.25) is 0 Å². The van der Waals surface area contributed by atoms with E-state index >= 15 is 0 Å². The predicted octanol–water partition coefficient (Wildman–Crippen LogP) is 4.08. The third-order valence-electron chi connectivity index (χ3n) is 3.81. The molecule has 3 rings (SSSR count). The van der Waals surface area contributed by atoms with Crippen LogP contribution in [-0.2, 0) is 6.42 Å². The summed E-state index contributed by atoms with van der Waals surface area (Å²) in [5, 5.41) is 2.12. The summed E-state index contributed by atoms with van der Waals surface area (Å²) in [6.07, 6.45) is 2.36. The zero-order valence-electron chi connectivity index (χ0n) is 14.6. The van der Waals surface area contributed by atoms with Crippen LogP contribution in [0.5, 0.6) is 0 Å². The number of ketones is 1. The number of carbonyl (C=O) groups is 1. The van der Waals surface area contributed by atoms with Crippen LogP contribution in [-0.4, -0.2) is 22.3 Å². The van der Waals surface area contributed by atoms with Gasteiger partial charge in [-0.15, -0.1) is 0 Å². The van der Waals surface area contributed by atoms with Crippen molar-refractivity contribution in [2.75, 3.05) is 11.9 Å². The predicted molar refractivity (Wildman–Crippen MR) is 95.4 cm³/mol. The normalized spacial score (nSPS) is 10.3. The number of hydrogen-bond donors (Lipinski definition) is 2. The van der Waals surface area contributed by atoms with E-state index in [0.29, 0.717) is 0 Å². The van der Waals surface area contributed by atoms with Crippen LogP contribution in [0.1, 0.15) is 21.7 Å². The Kier molecular flexibility index (Phi) is 6.78. The average Bonchev–Trinajstić information content (AvgIpc) is 2.71. The molecule has 0 unspecified atom stereocenters. The number of Topliss-reactive ketones (excluding diaryl/α,β-unsaturated/α-hetero) is 1. The second-order valence-corrected chi connectivity index (χ2v) is 5.60. The standard InChI is InChI=1S/C19H13F4N3O.H3N/c20-15-12(9-11-5-1-3-7-24-11)16(21)18(23)19(17(15)22)26-10-14(27)13-6-2-4-8-25-13;/h1-8,26H,9-10H2;1H3. The summed E-state index contributed by atoms with van der Waals surface area (Å²) in [5.41, 5.74) is -1.51. The zero-order valence-corrected chi connectivity index (χ0v) is 14.6. The highest BCUT2D eigenvalue weighted by atomic mass is 19.2. The molecule has 2 aromatic heterocycles. The molecule has 0 fully saturated rings. The third kappa shape index (κ3) is 4.32. The van der Waals surface area contributed by atoms with Gasteiger partial charge in [-0.3, -0.25) is 14.8 Å². The van der Waals surface area contributed by atoms with Gasteiger partial charge in [-0.25, -0.2) is 17.6 Å². The minimum Gasteiger partial charge on any atom is -0.373 e. The summed E-state index contributed by atoms with van der Waals surface area (Å²) in [7, 11) is 0. The van der Waals surface area contributed by atoms with E-state index in [2.05, 4.69) is 15.3 Å². The molecule has 0 amide bonds. The van der Waals surface area contributed by atoms with Gasteiger partial charge in [-0.1, -0.05) is 12.1 Å². The van der Waals surface area contributed by atoms with Crippen LogP contribution < -0.4 is 11.5 Å². The molecule has 3 aromatic rings. The first-order valence-corrected chi connectivity index (χ1v) is 7.92. The number of rotatable bonds is 6. The molecule has 0 aliphatic heterocycles. The van der Waals surface area contributed by atoms with E-state index in [1.54, 1.807) is 24.3 Å². The lowest BCUT2D eigenvalue weighted by molar-refractivity contribution is 0.100. The number of hydrogen-bond acceptors (Lipinski definition) is 5. The monoisotopic (exact) mass is 392 g/mol. The van der Waals surface area contributed by atoms with E-state index in [1.807, 2.05) is 0 Å². The Balaban J connectivity index is 0.00000280. The highest BCUT2D eigenvalue weighted by Crippen LogP contribution is 2.29. The van der Waals surface area contributed by atoms with E-state index in [0.717, 1.165) is 0 Å². The average molecular weight is 392 g/mol. The summed E-state index contributed by atoms with van der Waals surface area (Å²) in [4.78, 5) is 19.6. The van der Waals surface area contributed by atoms with Gasteiger partial charge in [0.05, 0.1) is 6.54 Å². The van der Waals surface area contributed by atoms with Crippen molar-refractivity contribution in [1.29, 1.82) is 0 Å². The molecule has 0 bridgehead atoms. The Morgan fingerprint density at radius 1 is 0.857 bits per heavy atom. The lowest BCUT2D eigenvalue weighted by Crippen LogP contribution is -2.18. The number of carbonyl (C=O) groups excluding carboxylic acids is 1. The van der Waals surface area contributed by atoms with Gasteiger partial charge in [-0.05, 0) is 24.3 Å². The zero-order chi connectivity index (χ0) is 19.4. The van der Waals surface area contributed by atoms with Gasteiger partial charge in [0.15, 0.2) is 29.1 Å². The largest absolute Gasteiger partial charge is 0.373 e. The summed E-state index contributed by atoms with van der Waals surface area (Å²) < 4.78 is 57.1. The second-order valence-electron chi connectivity index (χ2n) is 5.60. The Morgan fingerprint density at radius 2 is 1.46 bits per heavy atom. The first kappa shape index (κ1) is 21.0. The molecule has 0 atom stereocenters. The molecule has 2 heterocycles. The van der Waals surface area contributed by atoms with Crippen molar-refractivity contribution in [2.24, 2.45) is 0 Å². The Bertz CT molecular complexity index is 940. The molecule has 5 nitrogen and oxygen atoms in total. The van der Waals surface area contributed by atoms with Crippen LogP contribution in [0.15, 0.2) is 48.8 Å². The van der Waals surface area contributed by atoms with Gasteiger partial charge in [0, 0.05) is 30.1 Å². The molecule has 0 radical (unpaired) electrons. The smallest absolute Gasteiger partial charge is 0.200 e. The van der Waals surface area contributed by atoms with E-state index in [-0.39, 0.29) is 17.5 Å². The number of pyridine rings is 2. The Morgan fingerprint density at radius 3 is 2.00 bits per heavy atom. The number of anilines is 1. The lowest BCUT2D eigenvalue weighted by atomic mass is 10.1. The van der Waals surface area contributed by atoms with Crippen molar-refractivity contribution in [3.8, 4) is 0 Å². The summed E-state index contributed by atoms with van der Waals surface area (Å²) >= 11 is 0. The van der Waals surface area contributed by atoms with Gasteiger partial charge in [0.1, 0.15) is 11.4 Å². The summed E-state index contributed by atoms with van der Waals surface area (Å²) in [5.74, 6) is -6.87. The number of aromatic nitrogens is 2. The minimum atomic E-state index is -1.60. The third-order valence-corrected chi connectivity index (χ3v) is 3.81. The number of nitrogens with zero attached hydrogens (tertiary/aromatic N) is 2. The highest BCUT2D eigenvalue weighted by molar-refractivity contribution is 5.97. The SMILES string of the molecule is N.O=C(CNc1c(F)c(F)c(Cc2ccccn2)c(F)c1F)c1ccccn1. The molecule has 146 valence electrons. The lowest BCUT2D eigenvalue weighted by Gasteiger charge is -2.13.